The van der Waals surface area contributed by atoms with Gasteiger partial charge in [-0.05, 0) is 45.4 Å². The lowest BCUT2D eigenvalue weighted by Crippen LogP contribution is -2.50. The number of fused-ring (bicyclic) bond motifs is 3. The highest BCUT2D eigenvalue weighted by Gasteiger charge is 2.38. The summed E-state index contributed by atoms with van der Waals surface area (Å²) in [5.41, 5.74) is 4.16. The van der Waals surface area contributed by atoms with Gasteiger partial charge in [0, 0.05) is 40.7 Å². The monoisotopic (exact) mass is 316 g/mol. The van der Waals surface area contributed by atoms with Gasteiger partial charge in [0.05, 0.1) is 13.2 Å². The van der Waals surface area contributed by atoms with Gasteiger partial charge in [0.1, 0.15) is 0 Å². The van der Waals surface area contributed by atoms with Crippen LogP contribution in [0, 0.1) is 5.92 Å². The first kappa shape index (κ1) is 16.9. The van der Waals surface area contributed by atoms with Crippen LogP contribution in [0.4, 0.5) is 0 Å². The van der Waals surface area contributed by atoms with Gasteiger partial charge in [-0.25, -0.2) is 0 Å². The SMILES string of the molecule is CC(C)(C)c1ccc2c(n1)C1CCN(C(C)(C)C)CC1COC2. The van der Waals surface area contributed by atoms with Crippen molar-refractivity contribution in [2.45, 2.75) is 71.4 Å². The summed E-state index contributed by atoms with van der Waals surface area (Å²) in [5, 5.41) is 0. The topological polar surface area (TPSA) is 25.4 Å². The Morgan fingerprint density at radius 1 is 1.13 bits per heavy atom. The second-order valence-corrected chi connectivity index (χ2v) is 9.28. The minimum atomic E-state index is 0.101. The molecule has 0 aromatic carbocycles. The number of ether oxygens (including phenoxy) is 1. The van der Waals surface area contributed by atoms with E-state index in [1.807, 2.05) is 0 Å². The molecule has 0 bridgehead atoms. The average Bonchev–Trinajstić information content (AvgIpc) is 2.63. The van der Waals surface area contributed by atoms with E-state index in [0.29, 0.717) is 11.8 Å². The molecule has 0 radical (unpaired) electrons. The molecule has 2 atom stereocenters. The van der Waals surface area contributed by atoms with Crippen molar-refractivity contribution in [1.29, 1.82) is 0 Å². The molecule has 3 nitrogen and oxygen atoms in total. The van der Waals surface area contributed by atoms with E-state index in [0.717, 1.165) is 26.3 Å². The molecular weight excluding hydrogens is 284 g/mol. The molecule has 1 aromatic rings. The number of nitrogens with zero attached hydrogens (tertiary/aromatic N) is 2. The first-order valence-corrected chi connectivity index (χ1v) is 8.99. The van der Waals surface area contributed by atoms with E-state index in [-0.39, 0.29) is 11.0 Å². The minimum absolute atomic E-state index is 0.101. The highest BCUT2D eigenvalue weighted by Crippen LogP contribution is 2.39. The fourth-order valence-corrected chi connectivity index (χ4v) is 3.86. The van der Waals surface area contributed by atoms with Gasteiger partial charge in [0.2, 0.25) is 0 Å². The first-order chi connectivity index (χ1) is 10.7. The van der Waals surface area contributed by atoms with E-state index in [9.17, 15) is 0 Å². The Hall–Kier alpha value is -0.930. The summed E-state index contributed by atoms with van der Waals surface area (Å²) in [6.07, 6.45) is 1.19. The van der Waals surface area contributed by atoms with Crippen LogP contribution in [0.15, 0.2) is 12.1 Å². The number of pyridine rings is 1. The maximum Gasteiger partial charge on any atom is 0.0734 e. The summed E-state index contributed by atoms with van der Waals surface area (Å²) in [7, 11) is 0. The number of rotatable bonds is 0. The second kappa shape index (κ2) is 5.86. The van der Waals surface area contributed by atoms with Crippen LogP contribution in [0.5, 0.6) is 0 Å². The van der Waals surface area contributed by atoms with E-state index in [1.54, 1.807) is 0 Å². The quantitative estimate of drug-likeness (QED) is 0.720. The zero-order valence-corrected chi connectivity index (χ0v) is 15.6. The molecule has 2 aliphatic rings. The molecule has 1 aromatic heterocycles. The zero-order valence-electron chi connectivity index (χ0n) is 15.6. The highest BCUT2D eigenvalue weighted by molar-refractivity contribution is 5.30. The number of aromatic nitrogens is 1. The predicted octanol–water partition coefficient (Wildman–Crippen LogP) is 4.11. The third-order valence-electron chi connectivity index (χ3n) is 5.40. The number of hydrogen-bond acceptors (Lipinski definition) is 3. The number of likely N-dealkylation sites (tertiary alicyclic amines) is 1. The van der Waals surface area contributed by atoms with Gasteiger partial charge in [0.25, 0.3) is 0 Å². The Morgan fingerprint density at radius 2 is 1.87 bits per heavy atom. The van der Waals surface area contributed by atoms with Crippen molar-refractivity contribution in [3.05, 3.63) is 29.1 Å². The Labute approximate surface area is 141 Å². The van der Waals surface area contributed by atoms with Crippen LogP contribution in [-0.4, -0.2) is 35.1 Å². The van der Waals surface area contributed by atoms with Crippen LogP contribution in [0.25, 0.3) is 0 Å². The van der Waals surface area contributed by atoms with Gasteiger partial charge in [-0.2, -0.15) is 0 Å². The fourth-order valence-electron chi connectivity index (χ4n) is 3.86. The van der Waals surface area contributed by atoms with Crippen LogP contribution >= 0.6 is 0 Å². The van der Waals surface area contributed by atoms with E-state index in [2.05, 4.69) is 58.6 Å². The molecule has 3 heterocycles. The van der Waals surface area contributed by atoms with Crippen LogP contribution < -0.4 is 0 Å². The smallest absolute Gasteiger partial charge is 0.0734 e. The molecule has 23 heavy (non-hydrogen) atoms. The van der Waals surface area contributed by atoms with Crippen LogP contribution in [0.3, 0.4) is 0 Å². The van der Waals surface area contributed by atoms with E-state index in [1.165, 1.54) is 23.4 Å². The molecular formula is C20H32N2O. The highest BCUT2D eigenvalue weighted by atomic mass is 16.5. The summed E-state index contributed by atoms with van der Waals surface area (Å²) >= 11 is 0. The lowest BCUT2D eigenvalue weighted by Gasteiger charge is -2.44. The predicted molar refractivity (Wildman–Crippen MR) is 94.8 cm³/mol. The first-order valence-electron chi connectivity index (χ1n) is 8.99. The van der Waals surface area contributed by atoms with Crippen molar-refractivity contribution in [1.82, 2.24) is 9.88 Å². The molecule has 2 aliphatic heterocycles. The summed E-state index contributed by atoms with van der Waals surface area (Å²) in [4.78, 5) is 7.72. The maximum atomic E-state index is 6.01. The van der Waals surface area contributed by atoms with E-state index >= 15 is 0 Å². The lowest BCUT2D eigenvalue weighted by molar-refractivity contribution is 0.0193. The molecule has 0 saturated carbocycles. The van der Waals surface area contributed by atoms with Crippen LogP contribution in [0.1, 0.15) is 70.8 Å². The molecule has 0 aliphatic carbocycles. The summed E-state index contributed by atoms with van der Waals surface area (Å²) < 4.78 is 6.01. The standard InChI is InChI=1S/C20H32N2O/c1-19(2,3)17-8-7-14-12-23-13-15-11-22(20(4,5)6)10-9-16(15)18(14)21-17/h7-8,15-16H,9-13H2,1-6H3. The number of hydrogen-bond donors (Lipinski definition) is 0. The largest absolute Gasteiger partial charge is 0.376 e. The third-order valence-corrected chi connectivity index (χ3v) is 5.40. The summed E-state index contributed by atoms with van der Waals surface area (Å²) in [5.74, 6) is 1.11. The Kier molecular flexibility index (Phi) is 4.31. The average molecular weight is 316 g/mol. The molecule has 0 N–H and O–H groups in total. The molecule has 128 valence electrons. The Bertz CT molecular complexity index is 568. The van der Waals surface area contributed by atoms with Gasteiger partial charge < -0.3 is 4.74 Å². The number of piperidine rings is 1. The fraction of sp³-hybridized carbons (Fsp3) is 0.750. The van der Waals surface area contributed by atoms with Crippen LogP contribution in [0.2, 0.25) is 0 Å². The molecule has 2 unspecified atom stereocenters. The summed E-state index contributed by atoms with van der Waals surface area (Å²) in [6, 6.07) is 4.44. The van der Waals surface area contributed by atoms with Crippen molar-refractivity contribution < 1.29 is 4.74 Å². The molecule has 0 spiro atoms. The van der Waals surface area contributed by atoms with Gasteiger partial charge in [-0.3, -0.25) is 9.88 Å². The lowest BCUT2D eigenvalue weighted by atomic mass is 9.80. The van der Waals surface area contributed by atoms with Gasteiger partial charge in [-0.1, -0.05) is 26.8 Å². The maximum absolute atomic E-state index is 6.01. The third kappa shape index (κ3) is 3.46. The van der Waals surface area contributed by atoms with E-state index in [4.69, 9.17) is 9.72 Å². The van der Waals surface area contributed by atoms with Gasteiger partial charge in [0.15, 0.2) is 0 Å². The minimum Gasteiger partial charge on any atom is -0.376 e. The molecule has 1 fully saturated rings. The van der Waals surface area contributed by atoms with Crippen molar-refractivity contribution in [2.75, 3.05) is 19.7 Å². The van der Waals surface area contributed by atoms with Crippen LogP contribution in [-0.2, 0) is 16.8 Å². The van der Waals surface area contributed by atoms with Gasteiger partial charge in [-0.15, -0.1) is 0 Å². The molecule has 0 amide bonds. The molecule has 3 rings (SSSR count). The second-order valence-electron chi connectivity index (χ2n) is 9.28. The molecule has 3 heteroatoms. The Balaban J connectivity index is 1.92. The Morgan fingerprint density at radius 3 is 2.52 bits per heavy atom. The van der Waals surface area contributed by atoms with E-state index < -0.39 is 0 Å². The zero-order chi connectivity index (χ0) is 16.8. The van der Waals surface area contributed by atoms with Gasteiger partial charge >= 0.3 is 0 Å². The van der Waals surface area contributed by atoms with Crippen molar-refractivity contribution in [3.8, 4) is 0 Å². The van der Waals surface area contributed by atoms with Crippen molar-refractivity contribution in [2.24, 2.45) is 5.92 Å². The van der Waals surface area contributed by atoms with Crippen molar-refractivity contribution >= 4 is 0 Å². The summed E-state index contributed by atoms with van der Waals surface area (Å²) in [6.45, 7) is 17.5. The molecule has 1 saturated heterocycles. The van der Waals surface area contributed by atoms with Crippen molar-refractivity contribution in [3.63, 3.8) is 0 Å². The normalized spacial score (nSPS) is 26.3.